The Kier molecular flexibility index (Phi) is 5.22. The van der Waals surface area contributed by atoms with Crippen LogP contribution in [0.25, 0.3) is 0 Å². The summed E-state index contributed by atoms with van der Waals surface area (Å²) in [6.45, 7) is 10.1. The third kappa shape index (κ3) is 3.65. The van der Waals surface area contributed by atoms with Gasteiger partial charge in [-0.1, -0.05) is 6.92 Å². The summed E-state index contributed by atoms with van der Waals surface area (Å²) >= 11 is 0. The third-order valence-corrected chi connectivity index (χ3v) is 4.12. The number of likely N-dealkylation sites (tertiary alicyclic amines) is 1. The Labute approximate surface area is 105 Å². The van der Waals surface area contributed by atoms with Crippen molar-refractivity contribution in [3.63, 3.8) is 0 Å². The van der Waals surface area contributed by atoms with E-state index in [9.17, 15) is 0 Å². The smallest absolute Gasteiger partial charge is 0.0826 e. The quantitative estimate of drug-likeness (QED) is 0.771. The standard InChI is InChI=1S/C13H27N3O/c1-3-15-6-4-12(5-7-15)16-8-9-17-13(11-16)10-14-2/h12-14H,3-11H2,1-2H3. The van der Waals surface area contributed by atoms with Crippen molar-refractivity contribution in [3.05, 3.63) is 0 Å². The molecule has 1 unspecified atom stereocenters. The van der Waals surface area contributed by atoms with E-state index in [0.29, 0.717) is 6.10 Å². The molecule has 0 aromatic heterocycles. The van der Waals surface area contributed by atoms with Crippen LogP contribution in [0.2, 0.25) is 0 Å². The van der Waals surface area contributed by atoms with Gasteiger partial charge in [0.05, 0.1) is 12.7 Å². The minimum atomic E-state index is 0.387. The van der Waals surface area contributed by atoms with Crippen LogP contribution in [0.4, 0.5) is 0 Å². The molecule has 0 saturated carbocycles. The van der Waals surface area contributed by atoms with Gasteiger partial charge in [0, 0.05) is 25.7 Å². The molecule has 0 aromatic carbocycles. The zero-order chi connectivity index (χ0) is 12.1. The molecule has 17 heavy (non-hydrogen) atoms. The van der Waals surface area contributed by atoms with Gasteiger partial charge >= 0.3 is 0 Å². The maximum absolute atomic E-state index is 5.77. The average molecular weight is 241 g/mol. The van der Waals surface area contributed by atoms with E-state index < -0.39 is 0 Å². The minimum absolute atomic E-state index is 0.387. The molecule has 2 heterocycles. The van der Waals surface area contributed by atoms with Gasteiger partial charge in [0.2, 0.25) is 0 Å². The second kappa shape index (κ2) is 6.69. The molecule has 0 amide bonds. The number of rotatable bonds is 4. The van der Waals surface area contributed by atoms with Gasteiger partial charge in [0.1, 0.15) is 0 Å². The van der Waals surface area contributed by atoms with Crippen molar-refractivity contribution in [2.45, 2.75) is 31.9 Å². The molecule has 0 bridgehead atoms. The van der Waals surface area contributed by atoms with Gasteiger partial charge in [-0.15, -0.1) is 0 Å². The van der Waals surface area contributed by atoms with E-state index in [4.69, 9.17) is 4.74 Å². The predicted molar refractivity (Wildman–Crippen MR) is 70.4 cm³/mol. The van der Waals surface area contributed by atoms with Crippen LogP contribution in [0.5, 0.6) is 0 Å². The molecule has 2 aliphatic rings. The van der Waals surface area contributed by atoms with Crippen LogP contribution in [-0.4, -0.2) is 74.9 Å². The Balaban J connectivity index is 1.77. The van der Waals surface area contributed by atoms with Crippen LogP contribution in [-0.2, 0) is 4.74 Å². The number of nitrogens with one attached hydrogen (secondary N) is 1. The van der Waals surface area contributed by atoms with Crippen molar-refractivity contribution in [3.8, 4) is 0 Å². The molecule has 0 aromatic rings. The third-order valence-electron chi connectivity index (χ3n) is 4.12. The van der Waals surface area contributed by atoms with Crippen LogP contribution >= 0.6 is 0 Å². The molecule has 4 heteroatoms. The normalized spacial score (nSPS) is 29.6. The van der Waals surface area contributed by atoms with Crippen molar-refractivity contribution in [1.82, 2.24) is 15.1 Å². The van der Waals surface area contributed by atoms with Gasteiger partial charge in [0.25, 0.3) is 0 Å². The maximum Gasteiger partial charge on any atom is 0.0826 e. The van der Waals surface area contributed by atoms with E-state index in [1.807, 2.05) is 7.05 Å². The summed E-state index contributed by atoms with van der Waals surface area (Å²) in [5.41, 5.74) is 0. The highest BCUT2D eigenvalue weighted by Gasteiger charge is 2.28. The summed E-state index contributed by atoms with van der Waals surface area (Å²) in [4.78, 5) is 5.21. The van der Waals surface area contributed by atoms with Gasteiger partial charge in [0.15, 0.2) is 0 Å². The maximum atomic E-state index is 5.77. The van der Waals surface area contributed by atoms with Gasteiger partial charge in [-0.2, -0.15) is 0 Å². The lowest BCUT2D eigenvalue weighted by atomic mass is 10.0. The molecule has 100 valence electrons. The van der Waals surface area contributed by atoms with Crippen molar-refractivity contribution in [2.24, 2.45) is 0 Å². The Bertz CT molecular complexity index is 215. The molecular formula is C13H27N3O. The summed E-state index contributed by atoms with van der Waals surface area (Å²) in [7, 11) is 2.00. The molecule has 0 spiro atoms. The van der Waals surface area contributed by atoms with Crippen molar-refractivity contribution in [1.29, 1.82) is 0 Å². The first-order valence-electron chi connectivity index (χ1n) is 7.06. The second-order valence-electron chi connectivity index (χ2n) is 5.21. The number of morpholine rings is 1. The Morgan fingerprint density at radius 3 is 2.65 bits per heavy atom. The number of piperidine rings is 1. The Morgan fingerprint density at radius 2 is 2.00 bits per heavy atom. The van der Waals surface area contributed by atoms with Crippen LogP contribution < -0.4 is 5.32 Å². The van der Waals surface area contributed by atoms with E-state index in [0.717, 1.165) is 32.3 Å². The van der Waals surface area contributed by atoms with E-state index in [1.54, 1.807) is 0 Å². The highest BCUT2D eigenvalue weighted by molar-refractivity contribution is 4.83. The SMILES string of the molecule is CCN1CCC(N2CCOC(CNC)C2)CC1. The monoisotopic (exact) mass is 241 g/mol. The molecule has 0 radical (unpaired) electrons. The molecular weight excluding hydrogens is 214 g/mol. The van der Waals surface area contributed by atoms with Gasteiger partial charge in [-0.3, -0.25) is 4.90 Å². The van der Waals surface area contributed by atoms with E-state index >= 15 is 0 Å². The van der Waals surface area contributed by atoms with Crippen LogP contribution in [0.15, 0.2) is 0 Å². The largest absolute Gasteiger partial charge is 0.374 e. The van der Waals surface area contributed by atoms with Gasteiger partial charge in [-0.05, 0) is 39.5 Å². The van der Waals surface area contributed by atoms with Crippen LogP contribution in [0.1, 0.15) is 19.8 Å². The first-order valence-corrected chi connectivity index (χ1v) is 7.06. The average Bonchev–Trinajstić information content (AvgIpc) is 2.40. The molecule has 2 saturated heterocycles. The number of nitrogens with zero attached hydrogens (tertiary/aromatic N) is 2. The zero-order valence-electron chi connectivity index (χ0n) is 11.3. The number of ether oxygens (including phenoxy) is 1. The lowest BCUT2D eigenvalue weighted by Crippen LogP contribution is -2.53. The molecule has 1 N–H and O–H groups in total. The fraction of sp³-hybridized carbons (Fsp3) is 1.00. The summed E-state index contributed by atoms with van der Waals surface area (Å²) in [5, 5.41) is 3.22. The zero-order valence-corrected chi connectivity index (χ0v) is 11.3. The summed E-state index contributed by atoms with van der Waals surface area (Å²) in [6, 6.07) is 0.793. The number of likely N-dealkylation sites (N-methyl/N-ethyl adjacent to an activating group) is 1. The molecule has 0 aliphatic carbocycles. The van der Waals surface area contributed by atoms with Crippen LogP contribution in [0.3, 0.4) is 0 Å². The first kappa shape index (κ1) is 13.3. The second-order valence-corrected chi connectivity index (χ2v) is 5.21. The lowest BCUT2D eigenvalue weighted by molar-refractivity contribution is -0.0496. The molecule has 2 aliphatic heterocycles. The number of hydrogen-bond acceptors (Lipinski definition) is 4. The van der Waals surface area contributed by atoms with E-state index in [-0.39, 0.29) is 0 Å². The minimum Gasteiger partial charge on any atom is -0.374 e. The van der Waals surface area contributed by atoms with Gasteiger partial charge in [-0.25, -0.2) is 0 Å². The van der Waals surface area contributed by atoms with Gasteiger partial charge < -0.3 is 15.0 Å². The molecule has 1 atom stereocenters. The Hall–Kier alpha value is -0.160. The fourth-order valence-electron chi connectivity index (χ4n) is 3.03. The van der Waals surface area contributed by atoms with E-state index in [1.165, 1.54) is 32.5 Å². The molecule has 4 nitrogen and oxygen atoms in total. The molecule has 2 rings (SSSR count). The Morgan fingerprint density at radius 1 is 1.24 bits per heavy atom. The van der Waals surface area contributed by atoms with Crippen molar-refractivity contribution < 1.29 is 4.74 Å². The summed E-state index contributed by atoms with van der Waals surface area (Å²) in [6.07, 6.45) is 3.05. The topological polar surface area (TPSA) is 27.7 Å². The highest BCUT2D eigenvalue weighted by atomic mass is 16.5. The van der Waals surface area contributed by atoms with Crippen molar-refractivity contribution in [2.75, 3.05) is 52.9 Å². The van der Waals surface area contributed by atoms with Crippen LogP contribution in [0, 0.1) is 0 Å². The molecule has 2 fully saturated rings. The first-order chi connectivity index (χ1) is 8.33. The number of hydrogen-bond donors (Lipinski definition) is 1. The fourth-order valence-corrected chi connectivity index (χ4v) is 3.03. The predicted octanol–water partition coefficient (Wildman–Crippen LogP) is 0.391. The van der Waals surface area contributed by atoms with E-state index in [2.05, 4.69) is 22.0 Å². The van der Waals surface area contributed by atoms with Crippen molar-refractivity contribution >= 4 is 0 Å². The highest BCUT2D eigenvalue weighted by Crippen LogP contribution is 2.18. The lowest BCUT2D eigenvalue weighted by Gasteiger charge is -2.42. The summed E-state index contributed by atoms with van der Waals surface area (Å²) in [5.74, 6) is 0. The summed E-state index contributed by atoms with van der Waals surface area (Å²) < 4.78 is 5.77.